The maximum atomic E-state index is 12.3. The third-order valence-corrected chi connectivity index (χ3v) is 4.98. The van der Waals surface area contributed by atoms with Crippen LogP contribution in [0.5, 0.6) is 0 Å². The third-order valence-electron chi connectivity index (χ3n) is 3.02. The van der Waals surface area contributed by atoms with Gasteiger partial charge in [-0.25, -0.2) is 8.42 Å². The molecule has 1 aromatic rings. The molecule has 0 saturated heterocycles. The summed E-state index contributed by atoms with van der Waals surface area (Å²) in [5.41, 5.74) is 5.64. The molecular weight excluding hydrogens is 306 g/mol. The standard InChI is InChI=1S/C11H17N3O4S.ClH/c1-8-4-5-10(6-11(8)14(15)16)19(17,18)13(3)9(2)7-12;/h4-6,9H,7,12H2,1-3H3;1H. The first-order valence-electron chi connectivity index (χ1n) is 5.65. The predicted molar refractivity (Wildman–Crippen MR) is 78.5 cm³/mol. The molecule has 1 aromatic carbocycles. The Morgan fingerprint density at radius 1 is 1.45 bits per heavy atom. The number of halogens is 1. The molecule has 0 heterocycles. The first-order valence-corrected chi connectivity index (χ1v) is 7.09. The van der Waals surface area contributed by atoms with Crippen LogP contribution in [0.2, 0.25) is 0 Å². The molecule has 0 aromatic heterocycles. The molecule has 0 aliphatic heterocycles. The summed E-state index contributed by atoms with van der Waals surface area (Å²) in [6, 6.07) is 3.47. The molecule has 0 aliphatic carbocycles. The van der Waals surface area contributed by atoms with Gasteiger partial charge in [0.1, 0.15) is 0 Å². The van der Waals surface area contributed by atoms with E-state index in [1.807, 2.05) is 0 Å². The summed E-state index contributed by atoms with van der Waals surface area (Å²) in [6.07, 6.45) is 0. The normalized spacial score (nSPS) is 12.8. The van der Waals surface area contributed by atoms with Gasteiger partial charge in [0.2, 0.25) is 10.0 Å². The number of sulfonamides is 1. The number of hydrogen-bond acceptors (Lipinski definition) is 5. The lowest BCUT2D eigenvalue weighted by molar-refractivity contribution is -0.385. The minimum atomic E-state index is -3.77. The number of benzene rings is 1. The molecule has 0 bridgehead atoms. The Labute approximate surface area is 124 Å². The quantitative estimate of drug-likeness (QED) is 0.649. The Hall–Kier alpha value is -1.22. The highest BCUT2D eigenvalue weighted by atomic mass is 35.5. The van der Waals surface area contributed by atoms with E-state index in [1.165, 1.54) is 19.2 Å². The van der Waals surface area contributed by atoms with Gasteiger partial charge in [0.05, 0.1) is 9.82 Å². The van der Waals surface area contributed by atoms with E-state index in [9.17, 15) is 18.5 Å². The van der Waals surface area contributed by atoms with Crippen LogP contribution in [0.4, 0.5) is 5.69 Å². The minimum absolute atomic E-state index is 0. The second-order valence-corrected chi connectivity index (χ2v) is 6.31. The minimum Gasteiger partial charge on any atom is -0.329 e. The Kier molecular flexibility index (Phi) is 6.55. The first kappa shape index (κ1) is 18.8. The SMILES string of the molecule is Cc1ccc(S(=O)(=O)N(C)C(C)CN)cc1[N+](=O)[O-].Cl. The lowest BCUT2D eigenvalue weighted by atomic mass is 10.2. The van der Waals surface area contributed by atoms with Gasteiger partial charge < -0.3 is 5.73 Å². The lowest BCUT2D eigenvalue weighted by Crippen LogP contribution is -2.39. The van der Waals surface area contributed by atoms with Crippen molar-refractivity contribution in [3.63, 3.8) is 0 Å². The summed E-state index contributed by atoms with van der Waals surface area (Å²) in [5.74, 6) is 0. The van der Waals surface area contributed by atoms with Gasteiger partial charge in [-0.2, -0.15) is 4.31 Å². The van der Waals surface area contributed by atoms with Crippen LogP contribution >= 0.6 is 12.4 Å². The van der Waals surface area contributed by atoms with Crippen molar-refractivity contribution in [2.24, 2.45) is 5.73 Å². The van der Waals surface area contributed by atoms with E-state index in [-0.39, 0.29) is 35.6 Å². The number of nitro groups is 1. The van der Waals surface area contributed by atoms with E-state index in [0.717, 1.165) is 10.4 Å². The van der Waals surface area contributed by atoms with Crippen molar-refractivity contribution in [1.82, 2.24) is 4.31 Å². The van der Waals surface area contributed by atoms with Crippen molar-refractivity contribution in [1.29, 1.82) is 0 Å². The molecule has 0 aliphatic rings. The van der Waals surface area contributed by atoms with Crippen molar-refractivity contribution in [3.8, 4) is 0 Å². The van der Waals surface area contributed by atoms with Gasteiger partial charge in [0.25, 0.3) is 5.69 Å². The fourth-order valence-corrected chi connectivity index (χ4v) is 2.89. The molecule has 20 heavy (non-hydrogen) atoms. The number of aryl methyl sites for hydroxylation is 1. The van der Waals surface area contributed by atoms with E-state index < -0.39 is 14.9 Å². The van der Waals surface area contributed by atoms with E-state index in [4.69, 9.17) is 5.73 Å². The molecule has 0 saturated carbocycles. The Morgan fingerprint density at radius 2 is 2.00 bits per heavy atom. The zero-order valence-corrected chi connectivity index (χ0v) is 13.1. The number of nitrogens with zero attached hydrogens (tertiary/aromatic N) is 2. The predicted octanol–water partition coefficient (Wildman–Crippen LogP) is 1.29. The zero-order valence-electron chi connectivity index (χ0n) is 11.4. The van der Waals surface area contributed by atoms with Crippen LogP contribution in [0.15, 0.2) is 23.1 Å². The fourth-order valence-electron chi connectivity index (χ4n) is 1.50. The van der Waals surface area contributed by atoms with Crippen LogP contribution in [0, 0.1) is 17.0 Å². The number of rotatable bonds is 5. The number of nitrogens with two attached hydrogens (primary N) is 1. The zero-order chi connectivity index (χ0) is 14.8. The Balaban J connectivity index is 0.00000361. The molecule has 1 rings (SSSR count). The Morgan fingerprint density at radius 3 is 2.45 bits per heavy atom. The van der Waals surface area contributed by atoms with E-state index in [0.29, 0.717) is 5.56 Å². The molecule has 9 heteroatoms. The van der Waals surface area contributed by atoms with Crippen molar-refractivity contribution < 1.29 is 13.3 Å². The molecule has 0 spiro atoms. The summed E-state index contributed by atoms with van der Waals surface area (Å²) in [6.45, 7) is 3.39. The van der Waals surface area contributed by atoms with Crippen LogP contribution in [-0.2, 0) is 10.0 Å². The third kappa shape index (κ3) is 3.66. The number of nitro benzene ring substituents is 1. The van der Waals surface area contributed by atoms with Gasteiger partial charge >= 0.3 is 0 Å². The molecule has 1 atom stereocenters. The van der Waals surface area contributed by atoms with Crippen LogP contribution in [-0.4, -0.2) is 37.3 Å². The summed E-state index contributed by atoms with van der Waals surface area (Å²) >= 11 is 0. The van der Waals surface area contributed by atoms with Gasteiger partial charge in [0, 0.05) is 31.3 Å². The lowest BCUT2D eigenvalue weighted by Gasteiger charge is -2.22. The molecule has 0 fully saturated rings. The van der Waals surface area contributed by atoms with Gasteiger partial charge in [-0.15, -0.1) is 12.4 Å². The topological polar surface area (TPSA) is 107 Å². The van der Waals surface area contributed by atoms with Gasteiger partial charge in [-0.1, -0.05) is 6.07 Å². The van der Waals surface area contributed by atoms with Crippen LogP contribution in [0.3, 0.4) is 0 Å². The average Bonchev–Trinajstić information content (AvgIpc) is 2.36. The van der Waals surface area contributed by atoms with Crippen molar-refractivity contribution in [3.05, 3.63) is 33.9 Å². The summed E-state index contributed by atoms with van der Waals surface area (Å²) in [7, 11) is -2.37. The van der Waals surface area contributed by atoms with Crippen molar-refractivity contribution in [2.45, 2.75) is 24.8 Å². The first-order chi connectivity index (χ1) is 8.71. The molecule has 0 amide bonds. The Bertz CT molecular complexity index is 591. The number of hydrogen-bond donors (Lipinski definition) is 1. The maximum Gasteiger partial charge on any atom is 0.273 e. The highest BCUT2D eigenvalue weighted by Gasteiger charge is 2.26. The maximum absolute atomic E-state index is 12.3. The highest BCUT2D eigenvalue weighted by molar-refractivity contribution is 7.89. The second-order valence-electron chi connectivity index (χ2n) is 4.31. The van der Waals surface area contributed by atoms with E-state index in [1.54, 1.807) is 13.8 Å². The van der Waals surface area contributed by atoms with Crippen molar-refractivity contribution in [2.75, 3.05) is 13.6 Å². The van der Waals surface area contributed by atoms with Crippen molar-refractivity contribution >= 4 is 28.1 Å². The largest absolute Gasteiger partial charge is 0.329 e. The summed E-state index contributed by atoms with van der Waals surface area (Å²) in [5, 5.41) is 10.8. The highest BCUT2D eigenvalue weighted by Crippen LogP contribution is 2.24. The van der Waals surface area contributed by atoms with E-state index >= 15 is 0 Å². The van der Waals surface area contributed by atoms with Gasteiger partial charge in [0.15, 0.2) is 0 Å². The molecule has 2 N–H and O–H groups in total. The smallest absolute Gasteiger partial charge is 0.273 e. The molecule has 1 unspecified atom stereocenters. The van der Waals surface area contributed by atoms with Gasteiger partial charge in [-0.3, -0.25) is 10.1 Å². The average molecular weight is 324 g/mol. The monoisotopic (exact) mass is 323 g/mol. The molecular formula is C11H18ClN3O4S. The van der Waals surface area contributed by atoms with Crippen LogP contribution < -0.4 is 5.73 Å². The second kappa shape index (κ2) is 6.98. The van der Waals surface area contributed by atoms with Crippen LogP contribution in [0.1, 0.15) is 12.5 Å². The summed E-state index contributed by atoms with van der Waals surface area (Å²) < 4.78 is 25.6. The fraction of sp³-hybridized carbons (Fsp3) is 0.455. The van der Waals surface area contributed by atoms with Crippen LogP contribution in [0.25, 0.3) is 0 Å². The molecule has 114 valence electrons. The summed E-state index contributed by atoms with van der Waals surface area (Å²) in [4.78, 5) is 10.1. The molecule has 7 nitrogen and oxygen atoms in total. The van der Waals surface area contributed by atoms with Gasteiger partial charge in [-0.05, 0) is 19.9 Å². The van der Waals surface area contributed by atoms with E-state index in [2.05, 4.69) is 0 Å². The number of likely N-dealkylation sites (N-methyl/N-ethyl adjacent to an activating group) is 1. The molecule has 0 radical (unpaired) electrons.